The SMILES string of the molecule is Cl.NC(=O)NCc1ccc(NC(=O)C2CCC(N)C2)cc1. The van der Waals surface area contributed by atoms with Crippen molar-refractivity contribution in [2.45, 2.75) is 31.8 Å². The fraction of sp³-hybridized carbons (Fsp3) is 0.429. The van der Waals surface area contributed by atoms with E-state index in [2.05, 4.69) is 10.6 Å². The van der Waals surface area contributed by atoms with Gasteiger partial charge in [-0.1, -0.05) is 12.1 Å². The summed E-state index contributed by atoms with van der Waals surface area (Å²) in [5, 5.41) is 5.40. The highest BCUT2D eigenvalue weighted by molar-refractivity contribution is 5.92. The highest BCUT2D eigenvalue weighted by Gasteiger charge is 2.27. The van der Waals surface area contributed by atoms with Gasteiger partial charge in [-0.3, -0.25) is 4.79 Å². The van der Waals surface area contributed by atoms with Crippen LogP contribution in [0.4, 0.5) is 10.5 Å². The van der Waals surface area contributed by atoms with Crippen LogP contribution in [0.15, 0.2) is 24.3 Å². The van der Waals surface area contributed by atoms with E-state index in [1.165, 1.54) is 0 Å². The summed E-state index contributed by atoms with van der Waals surface area (Å²) in [6.45, 7) is 0.376. The summed E-state index contributed by atoms with van der Waals surface area (Å²) in [6.07, 6.45) is 2.52. The second-order valence-electron chi connectivity index (χ2n) is 5.17. The van der Waals surface area contributed by atoms with Crippen LogP contribution in [0.5, 0.6) is 0 Å². The molecule has 2 unspecified atom stereocenters. The molecule has 6 nitrogen and oxygen atoms in total. The lowest BCUT2D eigenvalue weighted by Crippen LogP contribution is -2.28. The summed E-state index contributed by atoms with van der Waals surface area (Å²) < 4.78 is 0. The fourth-order valence-electron chi connectivity index (χ4n) is 2.39. The number of carbonyl (C=O) groups excluding carboxylic acids is 2. The summed E-state index contributed by atoms with van der Waals surface area (Å²) >= 11 is 0. The lowest BCUT2D eigenvalue weighted by Gasteiger charge is -2.11. The molecule has 0 aromatic heterocycles. The van der Waals surface area contributed by atoms with E-state index in [0.717, 1.165) is 30.5 Å². The molecule has 116 valence electrons. The van der Waals surface area contributed by atoms with Crippen LogP contribution in [0.2, 0.25) is 0 Å². The van der Waals surface area contributed by atoms with Gasteiger partial charge in [0, 0.05) is 24.2 Å². The predicted molar refractivity (Wildman–Crippen MR) is 84.1 cm³/mol. The third kappa shape index (κ3) is 5.24. The Kier molecular flexibility index (Phi) is 6.45. The molecule has 2 rings (SSSR count). The molecule has 1 fully saturated rings. The van der Waals surface area contributed by atoms with Crippen LogP contribution in [0.25, 0.3) is 0 Å². The van der Waals surface area contributed by atoms with Crippen molar-refractivity contribution in [3.05, 3.63) is 29.8 Å². The van der Waals surface area contributed by atoms with Crippen molar-refractivity contribution in [2.24, 2.45) is 17.4 Å². The average molecular weight is 313 g/mol. The molecule has 0 bridgehead atoms. The van der Waals surface area contributed by atoms with Crippen LogP contribution < -0.4 is 22.1 Å². The van der Waals surface area contributed by atoms with Crippen LogP contribution in [0.3, 0.4) is 0 Å². The molecular weight excluding hydrogens is 292 g/mol. The molecule has 21 heavy (non-hydrogen) atoms. The Hall–Kier alpha value is -1.79. The van der Waals surface area contributed by atoms with E-state index in [0.29, 0.717) is 6.54 Å². The first-order valence-electron chi connectivity index (χ1n) is 6.73. The fourth-order valence-corrected chi connectivity index (χ4v) is 2.39. The number of nitrogens with one attached hydrogen (secondary N) is 2. The number of rotatable bonds is 4. The minimum atomic E-state index is -0.556. The maximum Gasteiger partial charge on any atom is 0.312 e. The van der Waals surface area contributed by atoms with Crippen molar-refractivity contribution in [3.8, 4) is 0 Å². The Labute approximate surface area is 130 Å². The number of benzene rings is 1. The molecule has 1 saturated carbocycles. The zero-order valence-electron chi connectivity index (χ0n) is 11.7. The number of anilines is 1. The number of hydrogen-bond acceptors (Lipinski definition) is 3. The standard InChI is InChI=1S/C14H20N4O2.ClH/c15-11-4-3-10(7-11)13(19)18-12-5-1-9(2-6-12)8-17-14(16)20;/h1-2,5-6,10-11H,3-4,7-8,15H2,(H,18,19)(H3,16,17,20);1H. The molecular formula is C14H21ClN4O2. The van der Waals surface area contributed by atoms with Gasteiger partial charge in [-0.2, -0.15) is 0 Å². The molecule has 0 radical (unpaired) electrons. The van der Waals surface area contributed by atoms with E-state index in [-0.39, 0.29) is 30.3 Å². The van der Waals surface area contributed by atoms with Crippen LogP contribution >= 0.6 is 12.4 Å². The third-order valence-corrected chi connectivity index (χ3v) is 3.53. The minimum absolute atomic E-state index is 0. The molecule has 3 amide bonds. The van der Waals surface area contributed by atoms with E-state index in [1.807, 2.05) is 24.3 Å². The molecule has 1 aliphatic carbocycles. The van der Waals surface area contributed by atoms with Crippen molar-refractivity contribution in [1.82, 2.24) is 5.32 Å². The Morgan fingerprint density at radius 1 is 1.19 bits per heavy atom. The van der Waals surface area contributed by atoms with Gasteiger partial charge in [-0.15, -0.1) is 12.4 Å². The van der Waals surface area contributed by atoms with Gasteiger partial charge < -0.3 is 22.1 Å². The molecule has 6 N–H and O–H groups in total. The highest BCUT2D eigenvalue weighted by atomic mass is 35.5. The lowest BCUT2D eigenvalue weighted by atomic mass is 10.1. The first-order valence-corrected chi connectivity index (χ1v) is 6.73. The van der Waals surface area contributed by atoms with Gasteiger partial charge in [0.2, 0.25) is 5.91 Å². The Balaban J connectivity index is 0.00000220. The molecule has 2 atom stereocenters. The molecule has 1 aromatic rings. The third-order valence-electron chi connectivity index (χ3n) is 3.53. The maximum absolute atomic E-state index is 12.0. The first kappa shape index (κ1) is 17.3. The molecule has 0 aliphatic heterocycles. The molecule has 7 heteroatoms. The van der Waals surface area contributed by atoms with Crippen molar-refractivity contribution >= 4 is 30.0 Å². The number of primary amides is 1. The Morgan fingerprint density at radius 3 is 2.38 bits per heavy atom. The van der Waals surface area contributed by atoms with Crippen LogP contribution in [-0.2, 0) is 11.3 Å². The average Bonchev–Trinajstić information content (AvgIpc) is 2.85. The van der Waals surface area contributed by atoms with Gasteiger partial charge in [0.05, 0.1) is 0 Å². The molecule has 0 saturated heterocycles. The highest BCUT2D eigenvalue weighted by Crippen LogP contribution is 2.25. The van der Waals surface area contributed by atoms with Crippen molar-refractivity contribution in [2.75, 3.05) is 5.32 Å². The maximum atomic E-state index is 12.0. The van der Waals surface area contributed by atoms with Crippen molar-refractivity contribution < 1.29 is 9.59 Å². The van der Waals surface area contributed by atoms with Gasteiger partial charge in [0.25, 0.3) is 0 Å². The van der Waals surface area contributed by atoms with Gasteiger partial charge >= 0.3 is 6.03 Å². The minimum Gasteiger partial charge on any atom is -0.352 e. The predicted octanol–water partition coefficient (Wildman–Crippen LogP) is 1.34. The molecule has 1 aromatic carbocycles. The van der Waals surface area contributed by atoms with Crippen molar-refractivity contribution in [3.63, 3.8) is 0 Å². The largest absolute Gasteiger partial charge is 0.352 e. The van der Waals surface area contributed by atoms with E-state index < -0.39 is 6.03 Å². The van der Waals surface area contributed by atoms with Crippen LogP contribution in [0, 0.1) is 5.92 Å². The lowest BCUT2D eigenvalue weighted by molar-refractivity contribution is -0.119. The second-order valence-corrected chi connectivity index (χ2v) is 5.17. The van der Waals surface area contributed by atoms with Gasteiger partial charge in [0.15, 0.2) is 0 Å². The zero-order chi connectivity index (χ0) is 14.5. The number of amides is 3. The number of nitrogens with two attached hydrogens (primary N) is 2. The first-order chi connectivity index (χ1) is 9.54. The van der Waals surface area contributed by atoms with E-state index >= 15 is 0 Å². The summed E-state index contributed by atoms with van der Waals surface area (Å²) in [7, 11) is 0. The number of hydrogen-bond donors (Lipinski definition) is 4. The van der Waals surface area contributed by atoms with E-state index in [1.54, 1.807) is 0 Å². The second kappa shape index (κ2) is 7.85. The van der Waals surface area contributed by atoms with Gasteiger partial charge in [0.1, 0.15) is 0 Å². The monoisotopic (exact) mass is 312 g/mol. The summed E-state index contributed by atoms with van der Waals surface area (Å²) in [4.78, 5) is 22.6. The van der Waals surface area contributed by atoms with Gasteiger partial charge in [-0.25, -0.2) is 4.79 Å². The van der Waals surface area contributed by atoms with Crippen LogP contribution in [-0.4, -0.2) is 18.0 Å². The Bertz CT molecular complexity index is 492. The quantitative estimate of drug-likeness (QED) is 0.673. The van der Waals surface area contributed by atoms with Crippen molar-refractivity contribution in [1.29, 1.82) is 0 Å². The topological polar surface area (TPSA) is 110 Å². The summed E-state index contributed by atoms with van der Waals surface area (Å²) in [5.41, 5.74) is 12.5. The number of urea groups is 1. The molecule has 1 aliphatic rings. The molecule has 0 spiro atoms. The molecule has 0 heterocycles. The smallest absolute Gasteiger partial charge is 0.312 e. The normalized spacial score (nSPS) is 20.4. The number of carbonyl (C=O) groups is 2. The van der Waals surface area contributed by atoms with Crippen LogP contribution in [0.1, 0.15) is 24.8 Å². The van der Waals surface area contributed by atoms with E-state index in [4.69, 9.17) is 11.5 Å². The summed E-state index contributed by atoms with van der Waals surface area (Å²) in [5.74, 6) is 0.0437. The number of halogens is 1. The zero-order valence-corrected chi connectivity index (χ0v) is 12.5. The van der Waals surface area contributed by atoms with Gasteiger partial charge in [-0.05, 0) is 37.0 Å². The summed E-state index contributed by atoms with van der Waals surface area (Å²) in [6, 6.07) is 6.89. The van der Waals surface area contributed by atoms with E-state index in [9.17, 15) is 9.59 Å². The Morgan fingerprint density at radius 2 is 1.86 bits per heavy atom.